The number of rotatable bonds is 3. The molecule has 1 amide bonds. The van der Waals surface area contributed by atoms with Gasteiger partial charge in [0.2, 0.25) is 5.91 Å². The summed E-state index contributed by atoms with van der Waals surface area (Å²) in [6.07, 6.45) is 1.72. The molecule has 6 nitrogen and oxygen atoms in total. The van der Waals surface area contributed by atoms with E-state index in [1.54, 1.807) is 30.2 Å². The molecule has 2 saturated heterocycles. The molecule has 2 aromatic rings. The van der Waals surface area contributed by atoms with Gasteiger partial charge in [-0.3, -0.25) is 14.5 Å². The van der Waals surface area contributed by atoms with E-state index in [4.69, 9.17) is 4.74 Å². The van der Waals surface area contributed by atoms with Crippen LogP contribution in [0.3, 0.4) is 0 Å². The topological polar surface area (TPSA) is 69.0 Å². The minimum atomic E-state index is -1.03. The molecule has 0 aliphatic carbocycles. The summed E-state index contributed by atoms with van der Waals surface area (Å²) in [5.74, 6) is -0.408. The molecule has 2 fully saturated rings. The zero-order valence-electron chi connectivity index (χ0n) is 13.5. The molecule has 0 aromatic carbocycles. The average Bonchev–Trinajstić information content (AvgIpc) is 3.21. The first-order chi connectivity index (χ1) is 11.5. The van der Waals surface area contributed by atoms with Crippen LogP contribution < -0.4 is 5.32 Å². The number of hydrogen-bond donors (Lipinski definition) is 1. The van der Waals surface area contributed by atoms with Crippen LogP contribution in [0.15, 0.2) is 30.6 Å². The molecule has 0 unspecified atom stereocenters. The highest BCUT2D eigenvalue weighted by Gasteiger charge is 2.57. The van der Waals surface area contributed by atoms with Crippen molar-refractivity contribution in [3.05, 3.63) is 41.9 Å². The fourth-order valence-corrected chi connectivity index (χ4v) is 3.87. The molecule has 0 saturated carbocycles. The van der Waals surface area contributed by atoms with Gasteiger partial charge in [-0.05, 0) is 24.6 Å². The van der Waals surface area contributed by atoms with Crippen LogP contribution in [-0.4, -0.2) is 39.1 Å². The van der Waals surface area contributed by atoms with E-state index in [2.05, 4.69) is 15.4 Å². The zero-order valence-corrected chi connectivity index (χ0v) is 13.5. The second-order valence-electron chi connectivity index (χ2n) is 6.54. The summed E-state index contributed by atoms with van der Waals surface area (Å²) in [6.45, 7) is 1.88. The highest BCUT2D eigenvalue weighted by atomic mass is 19.1. The molecular weight excluding hydrogens is 311 g/mol. The third-order valence-corrected chi connectivity index (χ3v) is 4.86. The van der Waals surface area contributed by atoms with E-state index in [9.17, 15) is 9.18 Å². The number of carbonyl (C=O) groups excluding carboxylic acids is 1. The van der Waals surface area contributed by atoms with Gasteiger partial charge in [-0.1, -0.05) is 0 Å². The largest absolute Gasteiger partial charge is 0.370 e. The Hall–Kier alpha value is -2.28. The van der Waals surface area contributed by atoms with E-state index in [0.717, 1.165) is 11.3 Å². The fraction of sp³-hybridized carbons (Fsp3) is 0.471. The van der Waals surface area contributed by atoms with Gasteiger partial charge in [-0.2, -0.15) is 5.10 Å². The number of pyridine rings is 1. The number of anilines is 1. The summed E-state index contributed by atoms with van der Waals surface area (Å²) < 4.78 is 21.6. The highest BCUT2D eigenvalue weighted by molar-refractivity contribution is 5.93. The number of carbonyl (C=O) groups is 1. The summed E-state index contributed by atoms with van der Waals surface area (Å²) in [6, 6.07) is 5.48. The number of aryl methyl sites for hydroxylation is 2. The molecule has 4 rings (SSSR count). The van der Waals surface area contributed by atoms with Crippen molar-refractivity contribution >= 4 is 11.7 Å². The Kier molecular flexibility index (Phi) is 3.60. The predicted octanol–water partition coefficient (Wildman–Crippen LogP) is 1.97. The zero-order chi connectivity index (χ0) is 16.8. The predicted molar refractivity (Wildman–Crippen MR) is 85.2 cm³/mol. The second-order valence-corrected chi connectivity index (χ2v) is 6.54. The van der Waals surface area contributed by atoms with Gasteiger partial charge in [0, 0.05) is 43.5 Å². The van der Waals surface area contributed by atoms with Crippen molar-refractivity contribution in [2.24, 2.45) is 13.0 Å². The fourth-order valence-electron chi connectivity index (χ4n) is 3.87. The smallest absolute Gasteiger partial charge is 0.232 e. The molecule has 5 atom stereocenters. The molecule has 2 aliphatic rings. The normalized spacial score (nSPS) is 31.4. The standard InChI is InChI=1S/C17H19FN4O2/c1-9-7-10(3-5-19-9)14-15(12-8-11(18)16(14)24-12)17(23)20-13-4-6-22(2)21-13/h3-7,11-12,14-16H,8H2,1-2H3,(H,20,21,23)/t11-,12-,14-,15+,16+/m1/s1. The molecule has 0 radical (unpaired) electrons. The highest BCUT2D eigenvalue weighted by Crippen LogP contribution is 2.50. The Labute approximate surface area is 139 Å². The van der Waals surface area contributed by atoms with Gasteiger partial charge in [0.15, 0.2) is 5.82 Å². The van der Waals surface area contributed by atoms with Crippen LogP contribution in [-0.2, 0) is 16.6 Å². The number of hydrogen-bond acceptors (Lipinski definition) is 4. The maximum atomic E-state index is 14.2. The monoisotopic (exact) mass is 330 g/mol. The van der Waals surface area contributed by atoms with Crippen LogP contribution in [0.2, 0.25) is 0 Å². The number of halogens is 1. The van der Waals surface area contributed by atoms with Crippen molar-refractivity contribution in [3.63, 3.8) is 0 Å². The van der Waals surface area contributed by atoms with Gasteiger partial charge in [0.05, 0.1) is 18.1 Å². The van der Waals surface area contributed by atoms with E-state index in [1.807, 2.05) is 19.1 Å². The summed E-state index contributed by atoms with van der Waals surface area (Å²) in [4.78, 5) is 17.0. The molecule has 7 heteroatoms. The lowest BCUT2D eigenvalue weighted by Crippen LogP contribution is -2.39. The first-order valence-electron chi connectivity index (χ1n) is 8.05. The molecule has 2 bridgehead atoms. The van der Waals surface area contributed by atoms with Gasteiger partial charge in [0.25, 0.3) is 0 Å². The lowest BCUT2D eigenvalue weighted by Gasteiger charge is -2.29. The summed E-state index contributed by atoms with van der Waals surface area (Å²) in [7, 11) is 1.78. The summed E-state index contributed by atoms with van der Waals surface area (Å²) in [5, 5.41) is 7.00. The van der Waals surface area contributed by atoms with Gasteiger partial charge in [-0.25, -0.2) is 4.39 Å². The first kappa shape index (κ1) is 15.3. The number of nitrogens with one attached hydrogen (secondary N) is 1. The number of alkyl halides is 1. The van der Waals surface area contributed by atoms with Crippen molar-refractivity contribution in [3.8, 4) is 0 Å². The van der Waals surface area contributed by atoms with Crippen LogP contribution in [0.4, 0.5) is 10.2 Å². The minimum absolute atomic E-state index is 0.174. The third-order valence-electron chi connectivity index (χ3n) is 4.86. The van der Waals surface area contributed by atoms with Crippen LogP contribution in [0, 0.1) is 12.8 Å². The van der Waals surface area contributed by atoms with Crippen LogP contribution in [0.25, 0.3) is 0 Å². The number of fused-ring (bicyclic) bond motifs is 2. The van der Waals surface area contributed by atoms with Gasteiger partial charge < -0.3 is 10.1 Å². The Bertz CT molecular complexity index is 777. The number of nitrogens with zero attached hydrogens (tertiary/aromatic N) is 3. The maximum Gasteiger partial charge on any atom is 0.232 e. The average molecular weight is 330 g/mol. The Morgan fingerprint density at radius 2 is 2.29 bits per heavy atom. The molecule has 126 valence electrons. The van der Waals surface area contributed by atoms with E-state index in [0.29, 0.717) is 5.82 Å². The number of amides is 1. The quantitative estimate of drug-likeness (QED) is 0.934. The molecule has 0 spiro atoms. The molecule has 2 aromatic heterocycles. The summed E-state index contributed by atoms with van der Waals surface area (Å²) >= 11 is 0. The van der Waals surface area contributed by atoms with Crippen molar-refractivity contribution in [2.75, 3.05) is 5.32 Å². The van der Waals surface area contributed by atoms with Crippen molar-refractivity contribution < 1.29 is 13.9 Å². The number of aromatic nitrogens is 3. The summed E-state index contributed by atoms with van der Waals surface area (Å²) in [5.41, 5.74) is 1.74. The third kappa shape index (κ3) is 2.49. The second kappa shape index (κ2) is 5.66. The van der Waals surface area contributed by atoms with E-state index in [-0.39, 0.29) is 18.2 Å². The molecular formula is C17H19FN4O2. The Morgan fingerprint density at radius 1 is 1.46 bits per heavy atom. The lowest BCUT2D eigenvalue weighted by molar-refractivity contribution is -0.121. The Balaban J connectivity index is 1.63. The first-order valence-corrected chi connectivity index (χ1v) is 8.05. The molecule has 24 heavy (non-hydrogen) atoms. The minimum Gasteiger partial charge on any atom is -0.370 e. The molecule has 1 N–H and O–H groups in total. The van der Waals surface area contributed by atoms with Gasteiger partial charge in [0.1, 0.15) is 6.17 Å². The lowest BCUT2D eigenvalue weighted by atomic mass is 9.74. The van der Waals surface area contributed by atoms with Crippen LogP contribution in [0.5, 0.6) is 0 Å². The van der Waals surface area contributed by atoms with E-state index in [1.165, 1.54) is 0 Å². The van der Waals surface area contributed by atoms with Crippen molar-refractivity contribution in [2.45, 2.75) is 37.6 Å². The maximum absolute atomic E-state index is 14.2. The van der Waals surface area contributed by atoms with E-state index < -0.39 is 24.3 Å². The molecule has 4 heterocycles. The van der Waals surface area contributed by atoms with Crippen molar-refractivity contribution in [1.82, 2.24) is 14.8 Å². The Morgan fingerprint density at radius 3 is 3.00 bits per heavy atom. The van der Waals surface area contributed by atoms with E-state index >= 15 is 0 Å². The van der Waals surface area contributed by atoms with Gasteiger partial charge >= 0.3 is 0 Å². The molecule has 2 aliphatic heterocycles. The van der Waals surface area contributed by atoms with Gasteiger partial charge in [-0.15, -0.1) is 0 Å². The number of ether oxygens (including phenoxy) is 1. The van der Waals surface area contributed by atoms with Crippen molar-refractivity contribution in [1.29, 1.82) is 0 Å². The van der Waals surface area contributed by atoms with Crippen LogP contribution in [0.1, 0.15) is 23.6 Å². The van der Waals surface area contributed by atoms with Crippen LogP contribution >= 0.6 is 0 Å². The SMILES string of the molecule is Cc1cc([C@H]2[C@H]3O[C@H](C[C@H]3F)[C@@H]2C(=O)Nc2ccn(C)n2)ccn1.